The van der Waals surface area contributed by atoms with Crippen molar-refractivity contribution in [3.8, 4) is 17.2 Å². The van der Waals surface area contributed by atoms with Gasteiger partial charge in [0, 0.05) is 36.3 Å². The summed E-state index contributed by atoms with van der Waals surface area (Å²) in [6.45, 7) is 4.04. The van der Waals surface area contributed by atoms with Crippen molar-refractivity contribution < 1.29 is 38.0 Å². The number of carbonyl (C=O) groups is 2. The first-order chi connectivity index (χ1) is 20.7. The minimum atomic E-state index is -1.06. The van der Waals surface area contributed by atoms with E-state index in [1.54, 1.807) is 30.3 Å². The monoisotopic (exact) mass is 612 g/mol. The lowest BCUT2D eigenvalue weighted by Gasteiger charge is -2.27. The van der Waals surface area contributed by atoms with Gasteiger partial charge in [0.2, 0.25) is 18.4 Å². The smallest absolute Gasteiger partial charge is 0.309 e. The van der Waals surface area contributed by atoms with Gasteiger partial charge in [0.15, 0.2) is 18.4 Å². The van der Waals surface area contributed by atoms with Gasteiger partial charge in [0.1, 0.15) is 5.75 Å². The number of fused-ring (bicyclic) bond motifs is 1. The van der Waals surface area contributed by atoms with E-state index in [2.05, 4.69) is 5.32 Å². The highest BCUT2D eigenvalue weighted by atomic mass is 35.5. The zero-order chi connectivity index (χ0) is 30.7. The Balaban J connectivity index is 1.50. The van der Waals surface area contributed by atoms with Crippen LogP contribution in [0.5, 0.6) is 17.2 Å². The first-order valence-electron chi connectivity index (χ1n) is 14.1. The Hall–Kier alpha value is -3.86. The molecule has 1 saturated heterocycles. The first-order valence-corrected chi connectivity index (χ1v) is 14.5. The maximum atomic E-state index is 15.0. The molecule has 0 bridgehead atoms. The van der Waals surface area contributed by atoms with Gasteiger partial charge in [-0.15, -0.1) is 0 Å². The lowest BCUT2D eigenvalue weighted by molar-refractivity contribution is -0.143. The van der Waals surface area contributed by atoms with Crippen LogP contribution in [-0.4, -0.2) is 55.7 Å². The predicted molar refractivity (Wildman–Crippen MR) is 158 cm³/mol. The topological polar surface area (TPSA) is 107 Å². The molecule has 3 atom stereocenters. The third-order valence-corrected chi connectivity index (χ3v) is 8.18. The van der Waals surface area contributed by atoms with Crippen molar-refractivity contribution in [2.75, 3.05) is 39.1 Å². The van der Waals surface area contributed by atoms with E-state index in [1.807, 2.05) is 30.9 Å². The summed E-state index contributed by atoms with van der Waals surface area (Å²) < 4.78 is 36.1. The minimum Gasteiger partial charge on any atom is -0.481 e. The molecule has 2 aliphatic rings. The van der Waals surface area contributed by atoms with E-state index in [-0.39, 0.29) is 44.1 Å². The Labute approximate surface area is 254 Å². The molecule has 1 unspecified atom stereocenters. The van der Waals surface area contributed by atoms with Gasteiger partial charge in [-0.25, -0.2) is 4.39 Å². The van der Waals surface area contributed by atoms with E-state index in [0.717, 1.165) is 16.8 Å². The molecule has 0 spiro atoms. The van der Waals surface area contributed by atoms with Crippen molar-refractivity contribution in [1.82, 2.24) is 4.90 Å². The van der Waals surface area contributed by atoms with Crippen molar-refractivity contribution >= 4 is 29.2 Å². The number of benzene rings is 3. The van der Waals surface area contributed by atoms with Crippen molar-refractivity contribution in [3.63, 3.8) is 0 Å². The van der Waals surface area contributed by atoms with E-state index in [9.17, 15) is 19.1 Å². The molecule has 1 fully saturated rings. The number of halogens is 2. The van der Waals surface area contributed by atoms with Crippen LogP contribution in [-0.2, 0) is 27.2 Å². The Bertz CT molecular complexity index is 1470. The van der Waals surface area contributed by atoms with Gasteiger partial charge >= 0.3 is 5.97 Å². The van der Waals surface area contributed by atoms with Gasteiger partial charge in [-0.1, -0.05) is 37.6 Å². The molecule has 1 amide bonds. The molecule has 2 heterocycles. The third-order valence-electron chi connectivity index (χ3n) is 7.97. The highest BCUT2D eigenvalue weighted by molar-refractivity contribution is 6.30. The molecule has 228 valence electrons. The molecule has 9 nitrogen and oxygen atoms in total. The van der Waals surface area contributed by atoms with Crippen molar-refractivity contribution in [2.45, 2.75) is 38.6 Å². The van der Waals surface area contributed by atoms with Gasteiger partial charge in [-0.2, -0.15) is 0 Å². The van der Waals surface area contributed by atoms with Crippen LogP contribution in [0.25, 0.3) is 0 Å². The Kier molecular flexibility index (Phi) is 9.39. The van der Waals surface area contributed by atoms with Crippen LogP contribution in [0.2, 0.25) is 5.02 Å². The number of hydrogen-bond donors (Lipinski definition) is 2. The van der Waals surface area contributed by atoms with E-state index in [1.165, 1.54) is 13.2 Å². The average molecular weight is 613 g/mol. The van der Waals surface area contributed by atoms with Crippen LogP contribution in [0.4, 0.5) is 10.1 Å². The number of ether oxygens (including phenoxy) is 4. The number of anilines is 1. The molecular weight excluding hydrogens is 579 g/mol. The molecule has 5 rings (SSSR count). The second-order valence-electron chi connectivity index (χ2n) is 10.6. The summed E-state index contributed by atoms with van der Waals surface area (Å²) >= 11 is 6.31. The molecule has 0 aliphatic carbocycles. The number of carboxylic acids is 1. The zero-order valence-electron chi connectivity index (χ0n) is 24.2. The number of nitrogens with one attached hydrogen (secondary N) is 1. The first kappa shape index (κ1) is 30.6. The lowest BCUT2D eigenvalue weighted by Crippen LogP contribution is -2.35. The molecule has 2 aliphatic heterocycles. The molecule has 43 heavy (non-hydrogen) atoms. The molecule has 0 saturated carbocycles. The average Bonchev–Trinajstić information content (AvgIpc) is 3.62. The zero-order valence-corrected chi connectivity index (χ0v) is 24.9. The Morgan fingerprint density at radius 2 is 1.77 bits per heavy atom. The summed E-state index contributed by atoms with van der Waals surface area (Å²) in [6.07, 6.45) is 1.34. The molecule has 3 aromatic rings. The van der Waals surface area contributed by atoms with Gasteiger partial charge in [-0.05, 0) is 71.5 Å². The van der Waals surface area contributed by atoms with Crippen LogP contribution >= 0.6 is 11.6 Å². The van der Waals surface area contributed by atoms with Gasteiger partial charge < -0.3 is 29.4 Å². The summed E-state index contributed by atoms with van der Waals surface area (Å²) in [6, 6.07) is 12.9. The van der Waals surface area contributed by atoms with E-state index >= 15 is 0 Å². The highest BCUT2D eigenvalue weighted by Crippen LogP contribution is 2.48. The highest BCUT2D eigenvalue weighted by Gasteiger charge is 2.48. The lowest BCUT2D eigenvalue weighted by atomic mass is 9.82. The fraction of sp³-hybridized carbons (Fsp3) is 0.375. The van der Waals surface area contributed by atoms with Crippen molar-refractivity contribution in [3.05, 3.63) is 81.6 Å². The summed E-state index contributed by atoms with van der Waals surface area (Å²) in [7, 11) is 1.52. The quantitative estimate of drug-likeness (QED) is 0.262. The summed E-state index contributed by atoms with van der Waals surface area (Å²) in [5.41, 5.74) is 3.70. The predicted octanol–water partition coefficient (Wildman–Crippen LogP) is 5.80. The van der Waals surface area contributed by atoms with Crippen LogP contribution in [0.3, 0.4) is 0 Å². The Morgan fingerprint density at radius 3 is 2.40 bits per heavy atom. The molecular formula is C32H34ClFN2O7. The normalized spacial score (nSPS) is 19.4. The minimum absolute atomic E-state index is 0.00877. The van der Waals surface area contributed by atoms with Crippen LogP contribution < -0.4 is 19.5 Å². The van der Waals surface area contributed by atoms with Crippen LogP contribution in [0.1, 0.15) is 48.1 Å². The van der Waals surface area contributed by atoms with Crippen LogP contribution in [0, 0.1) is 11.7 Å². The van der Waals surface area contributed by atoms with E-state index in [0.29, 0.717) is 34.7 Å². The van der Waals surface area contributed by atoms with Crippen molar-refractivity contribution in [1.29, 1.82) is 0 Å². The van der Waals surface area contributed by atoms with Crippen molar-refractivity contribution in [2.24, 2.45) is 5.92 Å². The summed E-state index contributed by atoms with van der Waals surface area (Å²) in [5, 5.41) is 14.2. The van der Waals surface area contributed by atoms with E-state index in [4.69, 9.17) is 30.5 Å². The third kappa shape index (κ3) is 6.41. The number of hydrogen-bond acceptors (Lipinski definition) is 7. The number of methoxy groups -OCH3 is 1. The number of likely N-dealkylation sites (tertiary alicyclic amines) is 1. The van der Waals surface area contributed by atoms with Gasteiger partial charge in [0.05, 0.1) is 12.5 Å². The number of carbonyl (C=O) groups excluding carboxylic acids is 1. The SMILES string of the molecule is CCc1cc(Cl)cc(CC)c1NC(=O)CN1C[C@H](c2cc(F)c3c(c2)OCO3)C(C(=O)O)[C@@H]1c1ccc(OCOC)cc1. The standard InChI is InChI=1S/C32H34ClFN2O7/c1-4-18-10-22(33)11-19(5-2)29(18)35-27(37)15-36-14-24(21-12-25(34)31-26(13-21)42-17-43-31)28(32(38)39)30(36)20-6-8-23(9-7-20)41-16-40-3/h6-13,24,28,30H,4-5,14-17H2,1-3H3,(H,35,37)(H,38,39)/t24-,28?,30+/m1/s1. The Morgan fingerprint density at radius 1 is 1.07 bits per heavy atom. The number of carboxylic acid groups (broad SMARTS) is 1. The molecule has 11 heteroatoms. The maximum Gasteiger partial charge on any atom is 0.309 e. The number of rotatable bonds is 11. The number of aryl methyl sites for hydroxylation is 2. The van der Waals surface area contributed by atoms with Crippen LogP contribution in [0.15, 0.2) is 48.5 Å². The summed E-state index contributed by atoms with van der Waals surface area (Å²) in [4.78, 5) is 28.3. The molecule has 0 radical (unpaired) electrons. The largest absolute Gasteiger partial charge is 0.481 e. The van der Waals surface area contributed by atoms with E-state index < -0.39 is 29.7 Å². The fourth-order valence-electron chi connectivity index (χ4n) is 6.02. The molecule has 0 aromatic heterocycles. The molecule has 2 N–H and O–H groups in total. The number of nitrogens with zero attached hydrogens (tertiary/aromatic N) is 1. The summed E-state index contributed by atoms with van der Waals surface area (Å²) in [5.74, 6) is -2.82. The second kappa shape index (κ2) is 13.2. The van der Waals surface area contributed by atoms with Gasteiger partial charge in [-0.3, -0.25) is 14.5 Å². The number of aliphatic carboxylic acids is 1. The second-order valence-corrected chi connectivity index (χ2v) is 11.0. The number of amides is 1. The fourth-order valence-corrected chi connectivity index (χ4v) is 6.29. The molecule has 3 aromatic carbocycles. The van der Waals surface area contributed by atoms with Gasteiger partial charge in [0.25, 0.3) is 0 Å². The maximum absolute atomic E-state index is 15.0.